The summed E-state index contributed by atoms with van der Waals surface area (Å²) >= 11 is 0. The van der Waals surface area contributed by atoms with Gasteiger partial charge in [0.15, 0.2) is 0 Å². The lowest BCUT2D eigenvalue weighted by Gasteiger charge is -2.15. The molecule has 0 bridgehead atoms. The van der Waals surface area contributed by atoms with Gasteiger partial charge in [0.05, 0.1) is 5.92 Å². The van der Waals surface area contributed by atoms with Crippen LogP contribution in [0.4, 0.5) is 0 Å². The second-order valence-corrected chi connectivity index (χ2v) is 6.32. The lowest BCUT2D eigenvalue weighted by Crippen LogP contribution is -2.29. The van der Waals surface area contributed by atoms with Crippen molar-refractivity contribution in [3.05, 3.63) is 66.3 Å². The van der Waals surface area contributed by atoms with E-state index in [9.17, 15) is 9.90 Å². The maximum atomic E-state index is 12.7. The molecule has 1 aliphatic heterocycles. The molecule has 2 atom stereocenters. The fourth-order valence-electron chi connectivity index (χ4n) is 3.26. The van der Waals surface area contributed by atoms with Crippen LogP contribution in [-0.4, -0.2) is 50.7 Å². The predicted octanol–water partition coefficient (Wildman–Crippen LogP) is 1.98. The molecular formula is C19H18N4O3. The van der Waals surface area contributed by atoms with Crippen molar-refractivity contribution >= 4 is 5.91 Å². The number of likely N-dealkylation sites (tertiary alicyclic amines) is 1. The number of hydrogen-bond donors (Lipinski definition) is 1. The topological polar surface area (TPSA) is 92.4 Å². The molecule has 0 unspecified atom stereocenters. The van der Waals surface area contributed by atoms with Gasteiger partial charge in [-0.3, -0.25) is 9.78 Å². The number of pyridine rings is 1. The van der Waals surface area contributed by atoms with Crippen molar-refractivity contribution in [2.45, 2.75) is 5.92 Å². The Morgan fingerprint density at radius 1 is 1.19 bits per heavy atom. The minimum Gasteiger partial charge on any atom is -0.396 e. The number of carbonyl (C=O) groups excluding carboxylic acids is 1. The molecule has 0 spiro atoms. The van der Waals surface area contributed by atoms with Crippen molar-refractivity contribution in [1.82, 2.24) is 20.0 Å². The van der Waals surface area contributed by atoms with Gasteiger partial charge in [-0.2, -0.15) is 4.98 Å². The summed E-state index contributed by atoms with van der Waals surface area (Å²) in [6.45, 7) is 0.848. The van der Waals surface area contributed by atoms with E-state index in [4.69, 9.17) is 4.52 Å². The van der Waals surface area contributed by atoms with Gasteiger partial charge in [0, 0.05) is 49.1 Å². The number of carbonyl (C=O) groups is 1. The third-order valence-corrected chi connectivity index (χ3v) is 4.66. The van der Waals surface area contributed by atoms with Crippen LogP contribution in [0.5, 0.6) is 0 Å². The zero-order chi connectivity index (χ0) is 17.9. The molecule has 4 rings (SSSR count). The second-order valence-electron chi connectivity index (χ2n) is 6.32. The van der Waals surface area contributed by atoms with E-state index in [1.165, 1.54) is 0 Å². The fourth-order valence-corrected chi connectivity index (χ4v) is 3.26. The zero-order valence-electron chi connectivity index (χ0n) is 14.0. The van der Waals surface area contributed by atoms with E-state index >= 15 is 0 Å². The van der Waals surface area contributed by atoms with Gasteiger partial charge in [0.25, 0.3) is 5.91 Å². The monoisotopic (exact) mass is 350 g/mol. The smallest absolute Gasteiger partial charge is 0.253 e. The average molecular weight is 350 g/mol. The highest BCUT2D eigenvalue weighted by molar-refractivity contribution is 5.94. The van der Waals surface area contributed by atoms with E-state index in [0.29, 0.717) is 30.4 Å². The highest BCUT2D eigenvalue weighted by Crippen LogP contribution is 2.33. The number of hydrogen-bond acceptors (Lipinski definition) is 6. The number of amides is 1. The molecule has 1 amide bonds. The van der Waals surface area contributed by atoms with Gasteiger partial charge in [-0.25, -0.2) is 0 Å². The largest absolute Gasteiger partial charge is 0.396 e. The first kappa shape index (κ1) is 16.4. The normalized spacial score (nSPS) is 19.7. The quantitative estimate of drug-likeness (QED) is 0.773. The van der Waals surface area contributed by atoms with Gasteiger partial charge in [-0.1, -0.05) is 23.4 Å². The molecule has 132 valence electrons. The van der Waals surface area contributed by atoms with Crippen molar-refractivity contribution in [3.63, 3.8) is 0 Å². The summed E-state index contributed by atoms with van der Waals surface area (Å²) in [6.07, 6.45) is 3.34. The van der Waals surface area contributed by atoms with Gasteiger partial charge >= 0.3 is 0 Å². The van der Waals surface area contributed by atoms with Gasteiger partial charge in [0.1, 0.15) is 0 Å². The Kier molecular flexibility index (Phi) is 4.45. The summed E-state index contributed by atoms with van der Waals surface area (Å²) in [5, 5.41) is 13.8. The average Bonchev–Trinajstić information content (AvgIpc) is 3.35. The van der Waals surface area contributed by atoms with E-state index in [1.807, 2.05) is 24.3 Å². The summed E-state index contributed by atoms with van der Waals surface area (Å²) in [7, 11) is 0. The van der Waals surface area contributed by atoms with Crippen molar-refractivity contribution in [2.24, 2.45) is 5.92 Å². The molecule has 1 N–H and O–H groups in total. The van der Waals surface area contributed by atoms with Crippen molar-refractivity contribution < 1.29 is 14.4 Å². The summed E-state index contributed by atoms with van der Waals surface area (Å²) in [4.78, 5) is 22.9. The highest BCUT2D eigenvalue weighted by Gasteiger charge is 2.39. The van der Waals surface area contributed by atoms with Crippen molar-refractivity contribution in [2.75, 3.05) is 19.7 Å². The first-order valence-electron chi connectivity index (χ1n) is 8.45. The molecule has 0 saturated carbocycles. The number of aliphatic hydroxyl groups excluding tert-OH is 1. The Hall–Kier alpha value is -3.06. The summed E-state index contributed by atoms with van der Waals surface area (Å²) in [5.41, 5.74) is 1.39. The minimum absolute atomic E-state index is 0.0478. The Morgan fingerprint density at radius 2 is 2.04 bits per heavy atom. The van der Waals surface area contributed by atoms with Crippen LogP contribution >= 0.6 is 0 Å². The first-order chi connectivity index (χ1) is 12.8. The Balaban J connectivity index is 1.55. The molecule has 3 aromatic rings. The molecular weight excluding hydrogens is 332 g/mol. The van der Waals surface area contributed by atoms with Crippen LogP contribution in [0.1, 0.15) is 22.2 Å². The molecule has 7 heteroatoms. The maximum Gasteiger partial charge on any atom is 0.253 e. The Morgan fingerprint density at radius 3 is 2.77 bits per heavy atom. The van der Waals surface area contributed by atoms with Crippen molar-refractivity contribution in [1.29, 1.82) is 0 Å². The molecule has 7 nitrogen and oxygen atoms in total. The van der Waals surface area contributed by atoms with Crippen LogP contribution in [0.2, 0.25) is 0 Å². The molecule has 26 heavy (non-hydrogen) atoms. The number of aromatic nitrogens is 3. The standard InChI is InChI=1S/C19H18N4O3/c24-12-15-10-23(19(25)13-5-2-1-3-6-13)11-16(15)18-21-17(22-26-18)14-7-4-8-20-9-14/h1-9,15-16,24H,10-12H2/t15-,16+/m0/s1. The van der Waals surface area contributed by atoms with Crippen LogP contribution in [0, 0.1) is 5.92 Å². The molecule has 0 radical (unpaired) electrons. The van der Waals surface area contributed by atoms with E-state index in [-0.39, 0.29) is 24.3 Å². The predicted molar refractivity (Wildman–Crippen MR) is 93.2 cm³/mol. The Labute approximate surface area is 150 Å². The van der Waals surface area contributed by atoms with Crippen LogP contribution in [0.25, 0.3) is 11.4 Å². The number of aliphatic hydroxyl groups is 1. The Bertz CT molecular complexity index is 882. The third kappa shape index (κ3) is 3.09. The summed E-state index contributed by atoms with van der Waals surface area (Å²) in [5.74, 6) is 0.512. The molecule has 1 aromatic carbocycles. The van der Waals surface area contributed by atoms with E-state index < -0.39 is 0 Å². The van der Waals surface area contributed by atoms with Crippen LogP contribution < -0.4 is 0 Å². The molecule has 1 fully saturated rings. The van der Waals surface area contributed by atoms with Crippen LogP contribution in [0.15, 0.2) is 59.4 Å². The molecule has 1 saturated heterocycles. The summed E-state index contributed by atoms with van der Waals surface area (Å²) in [6, 6.07) is 12.8. The molecule has 0 aliphatic carbocycles. The van der Waals surface area contributed by atoms with E-state index in [0.717, 1.165) is 5.56 Å². The summed E-state index contributed by atoms with van der Waals surface area (Å²) < 4.78 is 5.43. The van der Waals surface area contributed by atoms with Crippen molar-refractivity contribution in [3.8, 4) is 11.4 Å². The zero-order valence-corrected chi connectivity index (χ0v) is 14.0. The molecule has 3 heterocycles. The van der Waals surface area contributed by atoms with Gasteiger partial charge < -0.3 is 14.5 Å². The maximum absolute atomic E-state index is 12.7. The molecule has 1 aliphatic rings. The van der Waals surface area contributed by atoms with Crippen LogP contribution in [-0.2, 0) is 0 Å². The fraction of sp³-hybridized carbons (Fsp3) is 0.263. The van der Waals surface area contributed by atoms with Gasteiger partial charge in [0.2, 0.25) is 11.7 Å². The third-order valence-electron chi connectivity index (χ3n) is 4.66. The second kappa shape index (κ2) is 7.05. The molecule has 2 aromatic heterocycles. The highest BCUT2D eigenvalue weighted by atomic mass is 16.5. The lowest BCUT2D eigenvalue weighted by atomic mass is 9.97. The van der Waals surface area contributed by atoms with E-state index in [1.54, 1.807) is 35.5 Å². The number of nitrogens with zero attached hydrogens (tertiary/aromatic N) is 4. The SMILES string of the molecule is O=C(c1ccccc1)N1C[C@@H](CO)[C@H](c2nc(-c3cccnc3)no2)C1. The number of benzene rings is 1. The lowest BCUT2D eigenvalue weighted by molar-refractivity contribution is 0.0781. The first-order valence-corrected chi connectivity index (χ1v) is 8.45. The van der Waals surface area contributed by atoms with E-state index in [2.05, 4.69) is 15.1 Å². The van der Waals surface area contributed by atoms with Gasteiger partial charge in [-0.15, -0.1) is 0 Å². The van der Waals surface area contributed by atoms with Gasteiger partial charge in [-0.05, 0) is 24.3 Å². The minimum atomic E-state index is -0.189. The number of rotatable bonds is 4. The van der Waals surface area contributed by atoms with Crippen LogP contribution in [0.3, 0.4) is 0 Å².